The molecule has 1 unspecified atom stereocenters. The SMILES string of the molecule is CC(C)CNC(=O)CN(C)C(C)c1ccc(Cl)cc1. The first kappa shape index (κ1) is 16.0. The van der Waals surface area contributed by atoms with Crippen LogP contribution in [-0.4, -0.2) is 30.9 Å². The second-order valence-corrected chi connectivity index (χ2v) is 5.78. The standard InChI is InChI=1S/C15H23ClN2O/c1-11(2)9-17-15(19)10-18(4)12(3)13-5-7-14(16)8-6-13/h5-8,11-12H,9-10H2,1-4H3,(H,17,19). The lowest BCUT2D eigenvalue weighted by molar-refractivity contribution is -0.122. The third-order valence-corrected chi connectivity index (χ3v) is 3.37. The molecule has 0 spiro atoms. The van der Waals surface area contributed by atoms with E-state index in [2.05, 4.69) is 26.1 Å². The van der Waals surface area contributed by atoms with Gasteiger partial charge in [0.15, 0.2) is 0 Å². The number of hydrogen-bond acceptors (Lipinski definition) is 2. The molecular weight excluding hydrogens is 260 g/mol. The van der Waals surface area contributed by atoms with Gasteiger partial charge in [-0.05, 0) is 37.6 Å². The average Bonchev–Trinajstić information content (AvgIpc) is 2.36. The second-order valence-electron chi connectivity index (χ2n) is 5.34. The molecule has 0 bridgehead atoms. The van der Waals surface area contributed by atoms with E-state index in [1.165, 1.54) is 0 Å². The normalized spacial score (nSPS) is 12.8. The maximum Gasteiger partial charge on any atom is 0.234 e. The molecule has 0 saturated carbocycles. The maximum absolute atomic E-state index is 11.8. The quantitative estimate of drug-likeness (QED) is 0.869. The lowest BCUT2D eigenvalue weighted by Crippen LogP contribution is -2.37. The summed E-state index contributed by atoms with van der Waals surface area (Å²) < 4.78 is 0. The Balaban J connectivity index is 2.50. The van der Waals surface area contributed by atoms with Crippen molar-refractivity contribution in [2.75, 3.05) is 20.1 Å². The Bertz CT molecular complexity index is 403. The number of rotatable bonds is 6. The number of carbonyl (C=O) groups excluding carboxylic acids is 1. The van der Waals surface area contributed by atoms with E-state index in [9.17, 15) is 4.79 Å². The zero-order chi connectivity index (χ0) is 14.4. The molecule has 1 aromatic rings. The zero-order valence-electron chi connectivity index (χ0n) is 12.1. The van der Waals surface area contributed by atoms with E-state index in [-0.39, 0.29) is 11.9 Å². The molecule has 1 rings (SSSR count). The highest BCUT2D eigenvalue weighted by Crippen LogP contribution is 2.20. The van der Waals surface area contributed by atoms with Crippen molar-refractivity contribution < 1.29 is 4.79 Å². The van der Waals surface area contributed by atoms with Gasteiger partial charge in [-0.1, -0.05) is 37.6 Å². The van der Waals surface area contributed by atoms with E-state index < -0.39 is 0 Å². The topological polar surface area (TPSA) is 32.3 Å². The van der Waals surface area contributed by atoms with Crippen LogP contribution < -0.4 is 5.32 Å². The van der Waals surface area contributed by atoms with Gasteiger partial charge in [-0.25, -0.2) is 0 Å². The van der Waals surface area contributed by atoms with Gasteiger partial charge in [0.05, 0.1) is 6.54 Å². The summed E-state index contributed by atoms with van der Waals surface area (Å²) in [5.41, 5.74) is 1.16. The highest BCUT2D eigenvalue weighted by Gasteiger charge is 2.14. The number of halogens is 1. The van der Waals surface area contributed by atoms with E-state index in [4.69, 9.17) is 11.6 Å². The number of amides is 1. The molecule has 1 N–H and O–H groups in total. The Hall–Kier alpha value is -1.06. The molecule has 1 aromatic carbocycles. The predicted octanol–water partition coefficient (Wildman–Crippen LogP) is 3.11. The van der Waals surface area contributed by atoms with E-state index in [0.29, 0.717) is 12.5 Å². The monoisotopic (exact) mass is 282 g/mol. The minimum atomic E-state index is 0.0667. The van der Waals surface area contributed by atoms with Crippen LogP contribution in [0.3, 0.4) is 0 Å². The van der Waals surface area contributed by atoms with Gasteiger partial charge in [0.1, 0.15) is 0 Å². The van der Waals surface area contributed by atoms with Crippen molar-refractivity contribution in [2.24, 2.45) is 5.92 Å². The fraction of sp³-hybridized carbons (Fsp3) is 0.533. The van der Waals surface area contributed by atoms with E-state index in [0.717, 1.165) is 17.1 Å². The minimum Gasteiger partial charge on any atom is -0.355 e. The maximum atomic E-state index is 11.8. The van der Waals surface area contributed by atoms with E-state index in [1.807, 2.05) is 36.2 Å². The number of benzene rings is 1. The van der Waals surface area contributed by atoms with Crippen molar-refractivity contribution in [3.63, 3.8) is 0 Å². The Morgan fingerprint density at radius 1 is 1.26 bits per heavy atom. The van der Waals surface area contributed by atoms with Crippen LogP contribution in [0.5, 0.6) is 0 Å². The molecule has 4 heteroatoms. The molecule has 0 saturated heterocycles. The Kier molecular flexibility index (Phi) is 6.32. The van der Waals surface area contributed by atoms with Crippen LogP contribution in [0.15, 0.2) is 24.3 Å². The second kappa shape index (κ2) is 7.51. The summed E-state index contributed by atoms with van der Waals surface area (Å²) in [7, 11) is 1.95. The van der Waals surface area contributed by atoms with Gasteiger partial charge >= 0.3 is 0 Å². The summed E-state index contributed by atoms with van der Waals surface area (Å²) >= 11 is 5.87. The molecule has 0 aliphatic heterocycles. The molecule has 0 heterocycles. The molecule has 0 radical (unpaired) electrons. The first-order chi connectivity index (χ1) is 8.90. The van der Waals surface area contributed by atoms with Crippen molar-refractivity contribution >= 4 is 17.5 Å². The number of hydrogen-bond donors (Lipinski definition) is 1. The van der Waals surface area contributed by atoms with Crippen LogP contribution in [0.2, 0.25) is 5.02 Å². The molecule has 1 amide bonds. The summed E-state index contributed by atoms with van der Waals surface area (Å²) in [5.74, 6) is 0.542. The molecule has 1 atom stereocenters. The van der Waals surface area contributed by atoms with Crippen molar-refractivity contribution in [2.45, 2.75) is 26.8 Å². The Morgan fingerprint density at radius 2 is 1.84 bits per heavy atom. The van der Waals surface area contributed by atoms with Crippen molar-refractivity contribution in [1.82, 2.24) is 10.2 Å². The zero-order valence-corrected chi connectivity index (χ0v) is 12.9. The van der Waals surface area contributed by atoms with Crippen LogP contribution in [0.1, 0.15) is 32.4 Å². The fourth-order valence-corrected chi connectivity index (χ4v) is 1.86. The summed E-state index contributed by atoms with van der Waals surface area (Å²) in [4.78, 5) is 13.8. The van der Waals surface area contributed by atoms with Crippen molar-refractivity contribution in [3.8, 4) is 0 Å². The van der Waals surface area contributed by atoms with Crippen LogP contribution in [-0.2, 0) is 4.79 Å². The van der Waals surface area contributed by atoms with E-state index >= 15 is 0 Å². The summed E-state index contributed by atoms with van der Waals surface area (Å²) in [5, 5.41) is 3.66. The Morgan fingerprint density at radius 3 is 2.37 bits per heavy atom. The third-order valence-electron chi connectivity index (χ3n) is 3.11. The summed E-state index contributed by atoms with van der Waals surface area (Å²) in [6.45, 7) is 7.37. The first-order valence-corrected chi connectivity index (χ1v) is 7.00. The predicted molar refractivity (Wildman–Crippen MR) is 80.3 cm³/mol. The van der Waals surface area contributed by atoms with Gasteiger partial charge in [-0.3, -0.25) is 9.69 Å². The van der Waals surface area contributed by atoms with Gasteiger partial charge in [0, 0.05) is 17.6 Å². The molecule has 3 nitrogen and oxygen atoms in total. The molecule has 0 aliphatic carbocycles. The Labute approximate surface area is 120 Å². The summed E-state index contributed by atoms with van der Waals surface area (Å²) in [6, 6.07) is 7.92. The van der Waals surface area contributed by atoms with Crippen LogP contribution >= 0.6 is 11.6 Å². The molecule has 0 fully saturated rings. The van der Waals surface area contributed by atoms with Crippen LogP contribution in [0, 0.1) is 5.92 Å². The third kappa shape index (κ3) is 5.62. The van der Waals surface area contributed by atoms with Gasteiger partial charge in [0.2, 0.25) is 5.91 Å². The van der Waals surface area contributed by atoms with Crippen LogP contribution in [0.4, 0.5) is 0 Å². The molecule has 0 aliphatic rings. The van der Waals surface area contributed by atoms with E-state index in [1.54, 1.807) is 0 Å². The van der Waals surface area contributed by atoms with Gasteiger partial charge in [-0.15, -0.1) is 0 Å². The highest BCUT2D eigenvalue weighted by atomic mass is 35.5. The average molecular weight is 283 g/mol. The molecule has 0 aromatic heterocycles. The highest BCUT2D eigenvalue weighted by molar-refractivity contribution is 6.30. The molecule has 106 valence electrons. The van der Waals surface area contributed by atoms with Crippen molar-refractivity contribution in [3.05, 3.63) is 34.9 Å². The fourth-order valence-electron chi connectivity index (χ4n) is 1.73. The van der Waals surface area contributed by atoms with Gasteiger partial charge in [-0.2, -0.15) is 0 Å². The first-order valence-electron chi connectivity index (χ1n) is 6.62. The minimum absolute atomic E-state index is 0.0667. The van der Waals surface area contributed by atoms with Gasteiger partial charge in [0.25, 0.3) is 0 Å². The number of nitrogens with zero attached hydrogens (tertiary/aromatic N) is 1. The summed E-state index contributed by atoms with van der Waals surface area (Å²) in [6.07, 6.45) is 0. The largest absolute Gasteiger partial charge is 0.355 e. The smallest absolute Gasteiger partial charge is 0.234 e. The molecular formula is C15H23ClN2O. The van der Waals surface area contributed by atoms with Crippen LogP contribution in [0.25, 0.3) is 0 Å². The molecule has 19 heavy (non-hydrogen) atoms. The number of likely N-dealkylation sites (N-methyl/N-ethyl adjacent to an activating group) is 1. The lowest BCUT2D eigenvalue weighted by Gasteiger charge is -2.24. The van der Waals surface area contributed by atoms with Gasteiger partial charge < -0.3 is 5.32 Å². The van der Waals surface area contributed by atoms with Crippen molar-refractivity contribution in [1.29, 1.82) is 0 Å². The lowest BCUT2D eigenvalue weighted by atomic mass is 10.1. The number of nitrogens with one attached hydrogen (secondary N) is 1. The number of carbonyl (C=O) groups is 1.